The molecule has 5 heteroatoms. The lowest BCUT2D eigenvalue weighted by Gasteiger charge is -2.16. The number of hydrogen-bond acceptors (Lipinski definition) is 3. The Labute approximate surface area is 153 Å². The van der Waals surface area contributed by atoms with Gasteiger partial charge in [-0.05, 0) is 49.9 Å². The number of methoxy groups -OCH3 is 1. The van der Waals surface area contributed by atoms with Gasteiger partial charge in [0.1, 0.15) is 11.5 Å². The Morgan fingerprint density at radius 1 is 1.27 bits per heavy atom. The summed E-state index contributed by atoms with van der Waals surface area (Å²) in [6.07, 6.45) is 4.90. The molecule has 3 rings (SSSR count). The van der Waals surface area contributed by atoms with E-state index in [1.165, 1.54) is 10.9 Å². The molecule has 0 fully saturated rings. The zero-order valence-corrected chi connectivity index (χ0v) is 15.4. The van der Waals surface area contributed by atoms with Crippen molar-refractivity contribution in [2.75, 3.05) is 13.7 Å². The highest BCUT2D eigenvalue weighted by Gasteiger charge is 2.17. The Balaban J connectivity index is 1.53. The van der Waals surface area contributed by atoms with Gasteiger partial charge in [-0.15, -0.1) is 0 Å². The van der Waals surface area contributed by atoms with Crippen molar-refractivity contribution in [1.29, 1.82) is 0 Å². The molecule has 26 heavy (non-hydrogen) atoms. The fourth-order valence-corrected chi connectivity index (χ4v) is 3.21. The molecule has 0 bridgehead atoms. The Morgan fingerprint density at radius 2 is 2.12 bits per heavy atom. The molecular formula is C21H26N2O3. The van der Waals surface area contributed by atoms with Gasteiger partial charge in [-0.25, -0.2) is 0 Å². The molecule has 0 aliphatic carbocycles. The van der Waals surface area contributed by atoms with E-state index in [0.717, 1.165) is 29.9 Å². The lowest BCUT2D eigenvalue weighted by Crippen LogP contribution is -2.29. The number of aromatic nitrogens is 1. The molecule has 1 amide bonds. The highest BCUT2D eigenvalue weighted by molar-refractivity contribution is 5.83. The number of amides is 1. The Hall–Kier alpha value is -2.53. The second-order valence-electron chi connectivity index (χ2n) is 6.56. The lowest BCUT2D eigenvalue weighted by atomic mass is 10.1. The summed E-state index contributed by atoms with van der Waals surface area (Å²) in [7, 11) is 1.66. The predicted molar refractivity (Wildman–Crippen MR) is 102 cm³/mol. The van der Waals surface area contributed by atoms with E-state index in [-0.39, 0.29) is 11.9 Å². The van der Waals surface area contributed by atoms with Gasteiger partial charge in [0.25, 0.3) is 0 Å². The first kappa shape index (κ1) is 18.3. The predicted octanol–water partition coefficient (Wildman–Crippen LogP) is 4.29. The lowest BCUT2D eigenvalue weighted by molar-refractivity contribution is -0.122. The highest BCUT2D eigenvalue weighted by Crippen LogP contribution is 2.21. The topological polar surface area (TPSA) is 67.3 Å². The van der Waals surface area contributed by atoms with Crippen molar-refractivity contribution >= 4 is 16.8 Å². The van der Waals surface area contributed by atoms with Gasteiger partial charge in [-0.2, -0.15) is 0 Å². The maximum atomic E-state index is 12.4. The van der Waals surface area contributed by atoms with E-state index >= 15 is 0 Å². The SMILES string of the molecule is COCC[C@@H](NC(=O)CCCc1c[nH]c2ccccc12)c1ccc(C)o1. The average molecular weight is 354 g/mol. The zero-order valence-electron chi connectivity index (χ0n) is 15.4. The number of fused-ring (bicyclic) bond motifs is 1. The Bertz CT molecular complexity index is 850. The summed E-state index contributed by atoms with van der Waals surface area (Å²) in [4.78, 5) is 15.7. The molecule has 0 aliphatic heterocycles. The van der Waals surface area contributed by atoms with Crippen LogP contribution in [0.3, 0.4) is 0 Å². The van der Waals surface area contributed by atoms with Gasteiger partial charge in [0.15, 0.2) is 0 Å². The van der Waals surface area contributed by atoms with Crippen LogP contribution in [0.5, 0.6) is 0 Å². The Kier molecular flexibility index (Phi) is 6.12. The van der Waals surface area contributed by atoms with Crippen LogP contribution >= 0.6 is 0 Å². The summed E-state index contributed by atoms with van der Waals surface area (Å²) in [5.41, 5.74) is 2.39. The molecule has 0 saturated heterocycles. The van der Waals surface area contributed by atoms with E-state index < -0.39 is 0 Å². The number of aromatic amines is 1. The fourth-order valence-electron chi connectivity index (χ4n) is 3.21. The van der Waals surface area contributed by atoms with Gasteiger partial charge in [0.05, 0.1) is 6.04 Å². The molecule has 2 N–H and O–H groups in total. The number of nitrogens with one attached hydrogen (secondary N) is 2. The van der Waals surface area contributed by atoms with E-state index in [4.69, 9.17) is 9.15 Å². The third-order valence-electron chi connectivity index (χ3n) is 4.58. The number of carbonyl (C=O) groups excluding carboxylic acids is 1. The van der Waals surface area contributed by atoms with Crippen LogP contribution in [0, 0.1) is 6.92 Å². The maximum Gasteiger partial charge on any atom is 0.220 e. The molecular weight excluding hydrogens is 328 g/mol. The van der Waals surface area contributed by atoms with E-state index in [1.54, 1.807) is 7.11 Å². The van der Waals surface area contributed by atoms with Gasteiger partial charge < -0.3 is 19.5 Å². The van der Waals surface area contributed by atoms with Crippen LogP contribution in [-0.4, -0.2) is 24.6 Å². The molecule has 0 spiro atoms. The number of aryl methyl sites for hydroxylation is 2. The number of hydrogen-bond donors (Lipinski definition) is 2. The van der Waals surface area contributed by atoms with Gasteiger partial charge in [0, 0.05) is 37.2 Å². The van der Waals surface area contributed by atoms with Gasteiger partial charge in [-0.3, -0.25) is 4.79 Å². The molecule has 1 atom stereocenters. The first-order chi connectivity index (χ1) is 12.7. The van der Waals surface area contributed by atoms with Gasteiger partial charge in [-0.1, -0.05) is 18.2 Å². The van der Waals surface area contributed by atoms with E-state index in [9.17, 15) is 4.79 Å². The number of rotatable bonds is 9. The standard InChI is InChI=1S/C21H26N2O3/c1-15-10-11-20(26-15)19(12-13-25-2)23-21(24)9-5-6-16-14-22-18-8-4-3-7-17(16)18/h3-4,7-8,10-11,14,19,22H,5-6,9,12-13H2,1-2H3,(H,23,24)/t19-/m1/s1. The molecule has 0 unspecified atom stereocenters. The largest absolute Gasteiger partial charge is 0.464 e. The minimum absolute atomic E-state index is 0.0417. The number of ether oxygens (including phenoxy) is 1. The third-order valence-corrected chi connectivity index (χ3v) is 4.58. The Morgan fingerprint density at radius 3 is 2.88 bits per heavy atom. The second kappa shape index (κ2) is 8.72. The number of furan rings is 1. The smallest absolute Gasteiger partial charge is 0.220 e. The first-order valence-electron chi connectivity index (χ1n) is 9.07. The monoisotopic (exact) mass is 354 g/mol. The van der Waals surface area contributed by atoms with Crippen LogP contribution in [0.2, 0.25) is 0 Å². The van der Waals surface area contributed by atoms with Crippen LogP contribution in [0.15, 0.2) is 47.0 Å². The number of para-hydroxylation sites is 1. The minimum atomic E-state index is -0.149. The van der Waals surface area contributed by atoms with Crippen molar-refractivity contribution in [1.82, 2.24) is 10.3 Å². The summed E-state index contributed by atoms with van der Waals surface area (Å²) in [6, 6.07) is 11.9. The van der Waals surface area contributed by atoms with E-state index in [0.29, 0.717) is 19.4 Å². The van der Waals surface area contributed by atoms with Crippen molar-refractivity contribution in [3.05, 3.63) is 59.7 Å². The van der Waals surface area contributed by atoms with E-state index in [2.05, 4.69) is 22.4 Å². The highest BCUT2D eigenvalue weighted by atomic mass is 16.5. The minimum Gasteiger partial charge on any atom is -0.464 e. The molecule has 0 radical (unpaired) electrons. The third kappa shape index (κ3) is 4.55. The van der Waals surface area contributed by atoms with Gasteiger partial charge >= 0.3 is 0 Å². The molecule has 2 aromatic heterocycles. The quantitative estimate of drug-likeness (QED) is 0.602. The molecule has 1 aromatic carbocycles. The molecule has 5 nitrogen and oxygen atoms in total. The summed E-state index contributed by atoms with van der Waals surface area (Å²) in [5, 5.41) is 4.31. The van der Waals surface area contributed by atoms with Crippen molar-refractivity contribution in [3.63, 3.8) is 0 Å². The van der Waals surface area contributed by atoms with Crippen molar-refractivity contribution in [2.45, 2.75) is 38.6 Å². The molecule has 2 heterocycles. The number of H-pyrrole nitrogens is 1. The zero-order chi connectivity index (χ0) is 18.4. The second-order valence-corrected chi connectivity index (χ2v) is 6.56. The van der Waals surface area contributed by atoms with Crippen molar-refractivity contribution < 1.29 is 13.9 Å². The van der Waals surface area contributed by atoms with E-state index in [1.807, 2.05) is 37.4 Å². The molecule has 3 aromatic rings. The maximum absolute atomic E-state index is 12.4. The molecule has 138 valence electrons. The normalized spacial score (nSPS) is 12.4. The first-order valence-corrected chi connectivity index (χ1v) is 9.07. The van der Waals surface area contributed by atoms with Gasteiger partial charge in [0.2, 0.25) is 5.91 Å². The number of carbonyl (C=O) groups is 1. The van der Waals surface area contributed by atoms with Crippen LogP contribution in [0.25, 0.3) is 10.9 Å². The van der Waals surface area contributed by atoms with Crippen molar-refractivity contribution in [2.24, 2.45) is 0 Å². The van der Waals surface area contributed by atoms with Crippen LogP contribution in [0.4, 0.5) is 0 Å². The average Bonchev–Trinajstić information content (AvgIpc) is 3.25. The number of benzene rings is 1. The van der Waals surface area contributed by atoms with Crippen LogP contribution < -0.4 is 5.32 Å². The van der Waals surface area contributed by atoms with Crippen LogP contribution in [0.1, 0.15) is 42.4 Å². The summed E-state index contributed by atoms with van der Waals surface area (Å²) in [6.45, 7) is 2.47. The molecule has 0 aliphatic rings. The van der Waals surface area contributed by atoms with Crippen molar-refractivity contribution in [3.8, 4) is 0 Å². The summed E-state index contributed by atoms with van der Waals surface area (Å²) >= 11 is 0. The van der Waals surface area contributed by atoms with Crippen LogP contribution in [-0.2, 0) is 16.0 Å². The fraction of sp³-hybridized carbons (Fsp3) is 0.381. The summed E-state index contributed by atoms with van der Waals surface area (Å²) in [5.74, 6) is 1.67. The summed E-state index contributed by atoms with van der Waals surface area (Å²) < 4.78 is 10.8. The molecule has 0 saturated carbocycles.